The molecule has 0 bridgehead atoms. The Morgan fingerprint density at radius 1 is 1.26 bits per heavy atom. The fraction of sp³-hybridized carbons (Fsp3) is 0.444. The molecule has 0 saturated heterocycles. The maximum absolute atomic E-state index is 11.3. The van der Waals surface area contributed by atoms with Gasteiger partial charge in [-0.05, 0) is 25.3 Å². The van der Waals surface area contributed by atoms with Gasteiger partial charge in [0, 0.05) is 0 Å². The van der Waals surface area contributed by atoms with Gasteiger partial charge in [-0.1, -0.05) is 49.8 Å². The van der Waals surface area contributed by atoms with Crippen molar-refractivity contribution >= 4 is 5.91 Å². The summed E-state index contributed by atoms with van der Waals surface area (Å²) in [6.45, 7) is 5.21. The van der Waals surface area contributed by atoms with Crippen LogP contribution in [0.4, 0.5) is 0 Å². The van der Waals surface area contributed by atoms with Gasteiger partial charge in [0.05, 0.1) is 18.2 Å². The molecular weight excluding hydrogens is 292 g/mol. The highest BCUT2D eigenvalue weighted by Crippen LogP contribution is 2.17. The van der Waals surface area contributed by atoms with Crippen LogP contribution in [0.3, 0.4) is 0 Å². The molecule has 1 fully saturated rings. The maximum atomic E-state index is 11.3. The monoisotopic (exact) mass is 316 g/mol. The summed E-state index contributed by atoms with van der Waals surface area (Å²) in [5, 5.41) is 29.0. The molecule has 1 aromatic rings. The molecule has 1 aliphatic rings. The number of carbonyl (C=O) groups excluding carboxylic acids is 1. The Hall–Kier alpha value is -2.16. The van der Waals surface area contributed by atoms with Gasteiger partial charge in [0.15, 0.2) is 0 Å². The third kappa shape index (κ3) is 6.64. The molecule has 1 amide bonds. The van der Waals surface area contributed by atoms with E-state index in [0.29, 0.717) is 0 Å². The van der Waals surface area contributed by atoms with Gasteiger partial charge in [-0.25, -0.2) is 0 Å². The van der Waals surface area contributed by atoms with Crippen LogP contribution in [0.15, 0.2) is 42.5 Å². The summed E-state index contributed by atoms with van der Waals surface area (Å²) in [5.41, 5.74) is 0.925. The highest BCUT2D eigenvalue weighted by atomic mass is 16.3. The molecule has 0 spiro atoms. The lowest BCUT2D eigenvalue weighted by molar-refractivity contribution is -0.117. The number of nitrogens with zero attached hydrogens (tertiary/aromatic N) is 1. The van der Waals surface area contributed by atoms with E-state index in [4.69, 9.17) is 15.5 Å². The molecule has 5 nitrogen and oxygen atoms in total. The molecule has 5 heteroatoms. The summed E-state index contributed by atoms with van der Waals surface area (Å²) in [4.78, 5) is 11.3. The van der Waals surface area contributed by atoms with Crippen LogP contribution < -0.4 is 5.32 Å². The van der Waals surface area contributed by atoms with E-state index in [0.717, 1.165) is 31.2 Å². The van der Waals surface area contributed by atoms with Crippen LogP contribution in [0, 0.1) is 11.3 Å². The summed E-state index contributed by atoms with van der Waals surface area (Å²) in [7, 11) is 0. The predicted octanol–water partition coefficient (Wildman–Crippen LogP) is 2.23. The van der Waals surface area contributed by atoms with Crippen molar-refractivity contribution in [3.63, 3.8) is 0 Å². The van der Waals surface area contributed by atoms with Crippen molar-refractivity contribution in [2.24, 2.45) is 0 Å². The van der Waals surface area contributed by atoms with E-state index in [1.807, 2.05) is 37.3 Å². The van der Waals surface area contributed by atoms with Crippen molar-refractivity contribution in [1.29, 1.82) is 5.26 Å². The van der Waals surface area contributed by atoms with E-state index in [1.165, 1.54) is 0 Å². The molecule has 2 rings (SSSR count). The fourth-order valence-corrected chi connectivity index (χ4v) is 2.25. The van der Waals surface area contributed by atoms with Crippen LogP contribution >= 0.6 is 0 Å². The zero-order valence-electron chi connectivity index (χ0n) is 13.4. The molecule has 23 heavy (non-hydrogen) atoms. The number of rotatable bonds is 3. The van der Waals surface area contributed by atoms with Crippen molar-refractivity contribution in [3.8, 4) is 6.07 Å². The lowest BCUT2D eigenvalue weighted by Crippen LogP contribution is -2.28. The predicted molar refractivity (Wildman–Crippen MR) is 88.2 cm³/mol. The van der Waals surface area contributed by atoms with Crippen LogP contribution in [0.1, 0.15) is 44.2 Å². The van der Waals surface area contributed by atoms with Gasteiger partial charge < -0.3 is 15.5 Å². The van der Waals surface area contributed by atoms with Gasteiger partial charge in [-0.2, -0.15) is 5.26 Å². The minimum Gasteiger partial charge on any atom is -0.390 e. The average Bonchev–Trinajstić information content (AvgIpc) is 2.58. The van der Waals surface area contributed by atoms with E-state index in [9.17, 15) is 4.79 Å². The lowest BCUT2D eigenvalue weighted by atomic mass is 9.95. The first-order valence-corrected chi connectivity index (χ1v) is 7.76. The summed E-state index contributed by atoms with van der Waals surface area (Å²) in [6.07, 6.45) is 2.81. The van der Waals surface area contributed by atoms with Crippen LogP contribution in [0.2, 0.25) is 0 Å². The second-order valence-corrected chi connectivity index (χ2v) is 5.62. The highest BCUT2D eigenvalue weighted by molar-refractivity contribution is 5.96. The van der Waals surface area contributed by atoms with Crippen molar-refractivity contribution in [1.82, 2.24) is 5.32 Å². The molecule has 0 radical (unpaired) electrons. The lowest BCUT2D eigenvalue weighted by Gasteiger charge is -2.22. The Kier molecular flexibility index (Phi) is 8.03. The van der Waals surface area contributed by atoms with Crippen LogP contribution in [0.25, 0.3) is 0 Å². The third-order valence-corrected chi connectivity index (χ3v) is 3.75. The number of amides is 1. The van der Waals surface area contributed by atoms with Crippen LogP contribution in [-0.4, -0.2) is 28.3 Å². The molecule has 2 unspecified atom stereocenters. The Bertz CT molecular complexity index is 541. The normalized spacial score (nSPS) is 21.1. The summed E-state index contributed by atoms with van der Waals surface area (Å²) in [5.74, 6) is -0.422. The summed E-state index contributed by atoms with van der Waals surface area (Å²) in [6, 6.07) is 11.1. The summed E-state index contributed by atoms with van der Waals surface area (Å²) < 4.78 is 0. The van der Waals surface area contributed by atoms with E-state index in [2.05, 4.69) is 11.9 Å². The number of nitriles is 1. The Morgan fingerprint density at radius 2 is 1.78 bits per heavy atom. The van der Waals surface area contributed by atoms with Crippen molar-refractivity contribution in [3.05, 3.63) is 48.0 Å². The molecule has 0 aromatic heterocycles. The number of hydrogen-bond donors (Lipinski definition) is 3. The van der Waals surface area contributed by atoms with Crippen LogP contribution in [0.5, 0.6) is 0 Å². The maximum Gasteiger partial charge on any atom is 0.261 e. The van der Waals surface area contributed by atoms with Gasteiger partial charge in [0.25, 0.3) is 5.91 Å². The molecule has 1 aromatic carbocycles. The highest BCUT2D eigenvalue weighted by Gasteiger charge is 2.19. The fourth-order valence-electron chi connectivity index (χ4n) is 2.25. The molecule has 0 heterocycles. The molecular formula is C18H24N2O3. The Balaban J connectivity index is 0.000000277. The summed E-state index contributed by atoms with van der Waals surface area (Å²) >= 11 is 0. The van der Waals surface area contributed by atoms with Crippen molar-refractivity contribution in [2.45, 2.75) is 50.9 Å². The number of benzene rings is 1. The van der Waals surface area contributed by atoms with E-state index < -0.39 is 18.1 Å². The van der Waals surface area contributed by atoms with E-state index in [1.54, 1.807) is 6.07 Å². The number of aliphatic hydroxyl groups excluding tert-OH is 2. The Labute approximate surface area is 137 Å². The minimum atomic E-state index is -0.441. The topological polar surface area (TPSA) is 93.4 Å². The number of nitrogens with one attached hydrogen (secondary N) is 1. The SMILES string of the molecule is C=C(C#N)C(=O)N[C@H](C)c1ccccc1.OC1CCCCC1O. The Morgan fingerprint density at radius 3 is 2.22 bits per heavy atom. The number of carbonyl (C=O) groups is 1. The molecule has 3 atom stereocenters. The third-order valence-electron chi connectivity index (χ3n) is 3.75. The second kappa shape index (κ2) is 9.78. The zero-order valence-corrected chi connectivity index (χ0v) is 13.4. The first-order valence-electron chi connectivity index (χ1n) is 7.76. The second-order valence-electron chi connectivity index (χ2n) is 5.62. The largest absolute Gasteiger partial charge is 0.390 e. The smallest absolute Gasteiger partial charge is 0.261 e. The average molecular weight is 316 g/mol. The van der Waals surface area contributed by atoms with Crippen molar-refractivity contribution in [2.75, 3.05) is 0 Å². The van der Waals surface area contributed by atoms with Gasteiger partial charge in [0.2, 0.25) is 0 Å². The molecule has 1 saturated carbocycles. The van der Waals surface area contributed by atoms with E-state index >= 15 is 0 Å². The first kappa shape index (κ1) is 18.9. The molecule has 1 aliphatic carbocycles. The van der Waals surface area contributed by atoms with Crippen molar-refractivity contribution < 1.29 is 15.0 Å². The zero-order chi connectivity index (χ0) is 17.2. The van der Waals surface area contributed by atoms with Crippen LogP contribution in [-0.2, 0) is 4.79 Å². The quantitative estimate of drug-likeness (QED) is 0.589. The van der Waals surface area contributed by atoms with Gasteiger partial charge in [-0.15, -0.1) is 0 Å². The standard InChI is InChI=1S/C12H12N2O.C6H12O2/c1-9(8-13)12(15)14-10(2)11-6-4-3-5-7-11;7-5-3-1-2-4-6(5)8/h3-7,10H,1H2,2H3,(H,14,15);5-8H,1-4H2/t10-;/m1./s1. The van der Waals surface area contributed by atoms with Gasteiger partial charge in [0.1, 0.15) is 11.6 Å². The number of aliphatic hydroxyl groups is 2. The van der Waals surface area contributed by atoms with Gasteiger partial charge in [-0.3, -0.25) is 4.79 Å². The minimum absolute atomic E-state index is 0.0715. The molecule has 3 N–H and O–H groups in total. The first-order chi connectivity index (χ1) is 11.0. The van der Waals surface area contributed by atoms with E-state index in [-0.39, 0.29) is 11.6 Å². The number of hydrogen-bond acceptors (Lipinski definition) is 4. The van der Waals surface area contributed by atoms with Gasteiger partial charge >= 0.3 is 0 Å². The molecule has 0 aliphatic heterocycles. The molecule has 124 valence electrons.